The van der Waals surface area contributed by atoms with Gasteiger partial charge in [0.15, 0.2) is 0 Å². The maximum Gasteiger partial charge on any atom is 0.272 e. The largest absolute Gasteiger partial charge is 0.497 e. The normalized spacial score (nSPS) is 17.8. The predicted molar refractivity (Wildman–Crippen MR) is 86.6 cm³/mol. The summed E-state index contributed by atoms with van der Waals surface area (Å²) in [5, 5.41) is 0. The van der Waals surface area contributed by atoms with Crippen molar-refractivity contribution in [2.75, 3.05) is 26.8 Å². The van der Waals surface area contributed by atoms with Crippen molar-refractivity contribution in [3.8, 4) is 5.75 Å². The van der Waals surface area contributed by atoms with Crippen LogP contribution in [0.25, 0.3) is 0 Å². The van der Waals surface area contributed by atoms with E-state index in [9.17, 15) is 4.79 Å². The quantitative estimate of drug-likeness (QED) is 0.868. The minimum atomic E-state index is -0.0337. The zero-order valence-corrected chi connectivity index (χ0v) is 13.1. The molecule has 0 aliphatic carbocycles. The second kappa shape index (κ2) is 7.24. The maximum absolute atomic E-state index is 12.5. The van der Waals surface area contributed by atoms with Crippen LogP contribution in [0.5, 0.6) is 5.75 Å². The fourth-order valence-electron chi connectivity index (χ4n) is 2.70. The number of nitrogens with zero attached hydrogens (tertiary/aromatic N) is 2. The van der Waals surface area contributed by atoms with Gasteiger partial charge < -0.3 is 14.4 Å². The van der Waals surface area contributed by atoms with Crippen LogP contribution in [0.1, 0.15) is 16.1 Å². The average molecular weight is 312 g/mol. The Labute approximate surface area is 135 Å². The first-order valence-electron chi connectivity index (χ1n) is 7.71. The molecule has 5 heteroatoms. The van der Waals surface area contributed by atoms with E-state index in [0.29, 0.717) is 25.4 Å². The first-order valence-corrected chi connectivity index (χ1v) is 7.71. The molecule has 1 aromatic carbocycles. The van der Waals surface area contributed by atoms with Crippen molar-refractivity contribution < 1.29 is 14.3 Å². The monoisotopic (exact) mass is 312 g/mol. The molecule has 2 aromatic rings. The third kappa shape index (κ3) is 3.87. The summed E-state index contributed by atoms with van der Waals surface area (Å²) in [7, 11) is 1.65. The molecule has 2 heterocycles. The Morgan fingerprint density at radius 1 is 1.30 bits per heavy atom. The third-order valence-electron chi connectivity index (χ3n) is 3.93. The first-order chi connectivity index (χ1) is 11.3. The summed E-state index contributed by atoms with van der Waals surface area (Å²) in [5.74, 6) is 0.805. The molecular formula is C18H20N2O3. The highest BCUT2D eigenvalue weighted by Crippen LogP contribution is 2.16. The molecule has 1 aliphatic rings. The molecule has 1 amide bonds. The molecule has 5 nitrogen and oxygen atoms in total. The number of benzene rings is 1. The summed E-state index contributed by atoms with van der Waals surface area (Å²) in [6, 6.07) is 13.3. The highest BCUT2D eigenvalue weighted by Gasteiger charge is 2.25. The lowest BCUT2D eigenvalue weighted by molar-refractivity contribution is -0.0210. The molecule has 0 radical (unpaired) electrons. The van der Waals surface area contributed by atoms with Crippen molar-refractivity contribution >= 4 is 5.91 Å². The topological polar surface area (TPSA) is 51.7 Å². The molecule has 0 bridgehead atoms. The number of amides is 1. The van der Waals surface area contributed by atoms with Crippen LogP contribution in [-0.2, 0) is 11.2 Å². The Bertz CT molecular complexity index is 643. The zero-order chi connectivity index (χ0) is 16.1. The second-order valence-corrected chi connectivity index (χ2v) is 5.51. The van der Waals surface area contributed by atoms with Crippen LogP contribution >= 0.6 is 0 Å². The van der Waals surface area contributed by atoms with Crippen molar-refractivity contribution in [2.45, 2.75) is 12.5 Å². The van der Waals surface area contributed by atoms with Crippen molar-refractivity contribution in [1.29, 1.82) is 0 Å². The van der Waals surface area contributed by atoms with Gasteiger partial charge in [0.2, 0.25) is 0 Å². The second-order valence-electron chi connectivity index (χ2n) is 5.51. The van der Waals surface area contributed by atoms with Crippen LogP contribution in [0, 0.1) is 0 Å². The van der Waals surface area contributed by atoms with Gasteiger partial charge in [-0.15, -0.1) is 0 Å². The van der Waals surface area contributed by atoms with Gasteiger partial charge >= 0.3 is 0 Å². The van der Waals surface area contributed by atoms with E-state index in [4.69, 9.17) is 9.47 Å². The molecular weight excluding hydrogens is 292 g/mol. The third-order valence-corrected chi connectivity index (χ3v) is 3.93. The van der Waals surface area contributed by atoms with Gasteiger partial charge in [0, 0.05) is 25.7 Å². The van der Waals surface area contributed by atoms with E-state index in [1.54, 1.807) is 19.4 Å². The van der Waals surface area contributed by atoms with Crippen LogP contribution < -0.4 is 4.74 Å². The minimum Gasteiger partial charge on any atom is -0.497 e. The molecule has 1 saturated heterocycles. The highest BCUT2D eigenvalue weighted by molar-refractivity contribution is 5.92. The van der Waals surface area contributed by atoms with E-state index in [2.05, 4.69) is 4.98 Å². The Balaban J connectivity index is 1.62. The number of carbonyl (C=O) groups excluding carboxylic acids is 1. The Hall–Kier alpha value is -2.40. The molecule has 0 saturated carbocycles. The maximum atomic E-state index is 12.5. The van der Waals surface area contributed by atoms with Crippen LogP contribution in [0.2, 0.25) is 0 Å². The number of ether oxygens (including phenoxy) is 2. The van der Waals surface area contributed by atoms with Crippen molar-refractivity contribution in [2.24, 2.45) is 0 Å². The van der Waals surface area contributed by atoms with Crippen LogP contribution in [0.3, 0.4) is 0 Å². The van der Waals surface area contributed by atoms with E-state index in [-0.39, 0.29) is 12.0 Å². The van der Waals surface area contributed by atoms with Gasteiger partial charge in [0.25, 0.3) is 5.91 Å². The fourth-order valence-corrected chi connectivity index (χ4v) is 2.70. The molecule has 1 atom stereocenters. The van der Waals surface area contributed by atoms with Gasteiger partial charge in [-0.2, -0.15) is 0 Å². The van der Waals surface area contributed by atoms with Gasteiger partial charge in [0.1, 0.15) is 11.4 Å². The number of hydrogen-bond acceptors (Lipinski definition) is 4. The number of morpholine rings is 1. The van der Waals surface area contributed by atoms with Crippen molar-refractivity contribution in [3.63, 3.8) is 0 Å². The SMILES string of the molecule is COc1ccc(CC2CN(C(=O)c3ccccn3)CCO2)cc1. The number of carbonyl (C=O) groups is 1. The molecule has 0 spiro atoms. The summed E-state index contributed by atoms with van der Waals surface area (Å²) in [4.78, 5) is 18.4. The predicted octanol–water partition coefficient (Wildman–Crippen LogP) is 2.17. The molecule has 120 valence electrons. The molecule has 0 N–H and O–H groups in total. The molecule has 1 fully saturated rings. The van der Waals surface area contributed by atoms with Crippen LogP contribution in [-0.4, -0.2) is 48.7 Å². The number of rotatable bonds is 4. The van der Waals surface area contributed by atoms with E-state index in [1.165, 1.54) is 5.56 Å². The lowest BCUT2D eigenvalue weighted by Gasteiger charge is -2.33. The first kappa shape index (κ1) is 15.5. The van der Waals surface area contributed by atoms with Gasteiger partial charge in [-0.05, 0) is 29.8 Å². The van der Waals surface area contributed by atoms with Crippen LogP contribution in [0.15, 0.2) is 48.7 Å². The lowest BCUT2D eigenvalue weighted by Crippen LogP contribution is -2.46. The van der Waals surface area contributed by atoms with E-state index in [1.807, 2.05) is 41.3 Å². The van der Waals surface area contributed by atoms with Gasteiger partial charge in [0.05, 0.1) is 19.8 Å². The average Bonchev–Trinajstić information content (AvgIpc) is 2.63. The molecule has 3 rings (SSSR count). The molecule has 1 unspecified atom stereocenters. The Morgan fingerprint density at radius 2 is 2.13 bits per heavy atom. The Morgan fingerprint density at radius 3 is 2.83 bits per heavy atom. The summed E-state index contributed by atoms with van der Waals surface area (Å²) in [5.41, 5.74) is 1.65. The van der Waals surface area contributed by atoms with Crippen molar-refractivity contribution in [1.82, 2.24) is 9.88 Å². The highest BCUT2D eigenvalue weighted by atomic mass is 16.5. The van der Waals surface area contributed by atoms with Gasteiger partial charge in [-0.3, -0.25) is 9.78 Å². The number of methoxy groups -OCH3 is 1. The molecule has 1 aromatic heterocycles. The standard InChI is InChI=1S/C18H20N2O3/c1-22-15-7-5-14(6-8-15)12-16-13-20(10-11-23-16)18(21)17-4-2-3-9-19-17/h2-9,16H,10-13H2,1H3. The smallest absolute Gasteiger partial charge is 0.272 e. The Kier molecular flexibility index (Phi) is 4.88. The summed E-state index contributed by atoms with van der Waals surface area (Å²) in [6.45, 7) is 1.75. The van der Waals surface area contributed by atoms with E-state index in [0.717, 1.165) is 12.2 Å². The van der Waals surface area contributed by atoms with E-state index >= 15 is 0 Å². The fraction of sp³-hybridized carbons (Fsp3) is 0.333. The lowest BCUT2D eigenvalue weighted by atomic mass is 10.1. The summed E-state index contributed by atoms with van der Waals surface area (Å²) in [6.07, 6.45) is 2.42. The minimum absolute atomic E-state index is 0.00445. The van der Waals surface area contributed by atoms with Gasteiger partial charge in [-0.25, -0.2) is 0 Å². The van der Waals surface area contributed by atoms with Crippen LogP contribution in [0.4, 0.5) is 0 Å². The van der Waals surface area contributed by atoms with Crippen molar-refractivity contribution in [3.05, 3.63) is 59.9 Å². The molecule has 1 aliphatic heterocycles. The molecule has 23 heavy (non-hydrogen) atoms. The summed E-state index contributed by atoms with van der Waals surface area (Å²) < 4.78 is 11.0. The van der Waals surface area contributed by atoms with Gasteiger partial charge in [-0.1, -0.05) is 18.2 Å². The number of pyridine rings is 1. The number of hydrogen-bond donors (Lipinski definition) is 0. The summed E-state index contributed by atoms with van der Waals surface area (Å²) >= 11 is 0. The van der Waals surface area contributed by atoms with E-state index < -0.39 is 0 Å². The zero-order valence-electron chi connectivity index (χ0n) is 13.1. The number of aromatic nitrogens is 1.